The van der Waals surface area contributed by atoms with Gasteiger partial charge < -0.3 is 60.6 Å². The summed E-state index contributed by atoms with van der Waals surface area (Å²) in [4.78, 5) is 16.5. The molecule has 0 aliphatic carbocycles. The summed E-state index contributed by atoms with van der Waals surface area (Å²) in [6.07, 6.45) is 0. The van der Waals surface area contributed by atoms with Crippen LogP contribution in [-0.2, 0) is 55.3 Å². The fraction of sp³-hybridized carbons (Fsp3) is 0.400. The van der Waals surface area contributed by atoms with Crippen molar-refractivity contribution in [2.24, 2.45) is 0 Å². The van der Waals surface area contributed by atoms with Crippen LogP contribution in [0.5, 0.6) is 0 Å². The summed E-state index contributed by atoms with van der Waals surface area (Å²) in [6.45, 7) is 5.79. The van der Waals surface area contributed by atoms with E-state index in [4.69, 9.17) is 44.5 Å². The molecule has 0 amide bonds. The van der Waals surface area contributed by atoms with Gasteiger partial charge in [-0.3, -0.25) is 0 Å². The Labute approximate surface area is 219 Å². The first kappa shape index (κ1) is 32.4. The number of hydrogen-bond donors (Lipinski definition) is 2. The third kappa shape index (κ3) is 11.6. The van der Waals surface area contributed by atoms with Gasteiger partial charge in [0.2, 0.25) is 0 Å². The first-order chi connectivity index (χ1) is 15.9. The molecule has 2 aromatic carbocycles. The Morgan fingerprint density at radius 1 is 0.686 bits per heavy atom. The molecular weight excluding hydrogens is 569 g/mol. The van der Waals surface area contributed by atoms with E-state index >= 15 is 0 Å². The van der Waals surface area contributed by atoms with Crippen molar-refractivity contribution >= 4 is 21.9 Å². The number of ether oxygens (including phenoxy) is 2. The Bertz CT molecular complexity index is 961. The minimum atomic E-state index is -1.75. The van der Waals surface area contributed by atoms with Crippen LogP contribution < -0.4 is 10.6 Å². The van der Waals surface area contributed by atoms with Crippen molar-refractivity contribution in [2.75, 3.05) is 39.5 Å². The standard InChI is InChI=1S/C20H24N2O3.Cd.2NO3.H2O/c1-3-15-13-21-7-9-23-11-12-24-10-8-22-14-16-4-2-6-18-17(5-1)19(15)25-20(16)18;;2*2-1(3)4;/h1-6,21-22H,7-14H2;;;;1H2/q;+2;2*-1;/p+1. The molecule has 2 heterocycles. The molecule has 3 aromatic rings. The number of nitrogens with zero attached hydrogens (tertiary/aromatic N) is 2. The third-order valence-corrected chi connectivity index (χ3v) is 4.54. The second-order valence-electron chi connectivity index (χ2n) is 6.72. The van der Waals surface area contributed by atoms with Gasteiger partial charge in [0.1, 0.15) is 11.2 Å². The maximum Gasteiger partial charge on any atom is 2.00 e. The average Bonchev–Trinajstić information content (AvgIpc) is 3.13. The molecule has 15 heteroatoms. The SMILES string of the molecule is O=[N+]([O-])[O-].O=[N+]([O-])[O-].[Cd+2].[OH3+].c1cc2c3oc4c(cccc4c3c1)CNCCOCCOCCNC2. The van der Waals surface area contributed by atoms with Gasteiger partial charge in [-0.1, -0.05) is 36.4 Å². The maximum atomic E-state index is 8.25. The Morgan fingerprint density at radius 3 is 1.43 bits per heavy atom. The molecule has 0 radical (unpaired) electrons. The molecule has 1 aliphatic rings. The van der Waals surface area contributed by atoms with Crippen LogP contribution in [0.1, 0.15) is 11.1 Å². The largest absolute Gasteiger partial charge is 2.00 e. The summed E-state index contributed by atoms with van der Waals surface area (Å²) < 4.78 is 17.4. The number of fused-ring (bicyclic) bond motifs is 1. The predicted octanol–water partition coefficient (Wildman–Crippen LogP) is 1.41. The van der Waals surface area contributed by atoms with Gasteiger partial charge in [-0.2, -0.15) is 0 Å². The molecular formula is C20H27CdN4O10+. The number of nitrogens with one attached hydrogen (secondary N) is 2. The zero-order chi connectivity index (χ0) is 24.1. The van der Waals surface area contributed by atoms with E-state index in [1.165, 1.54) is 21.9 Å². The molecule has 2 bridgehead atoms. The van der Waals surface area contributed by atoms with Gasteiger partial charge in [0.15, 0.2) is 0 Å². The Balaban J connectivity index is 0.00000102. The van der Waals surface area contributed by atoms with Crippen LogP contribution in [0.2, 0.25) is 0 Å². The van der Waals surface area contributed by atoms with Gasteiger partial charge in [0.25, 0.3) is 0 Å². The van der Waals surface area contributed by atoms with E-state index in [2.05, 4.69) is 47.0 Å². The molecule has 14 nitrogen and oxygen atoms in total. The maximum absolute atomic E-state index is 8.25. The van der Waals surface area contributed by atoms with Crippen LogP contribution in [0.4, 0.5) is 0 Å². The Morgan fingerprint density at radius 2 is 1.06 bits per heavy atom. The average molecular weight is 596 g/mol. The summed E-state index contributed by atoms with van der Waals surface area (Å²) in [7, 11) is 0. The van der Waals surface area contributed by atoms with E-state index in [1.54, 1.807) is 0 Å². The number of hydrogen-bond acceptors (Lipinski definition) is 11. The van der Waals surface area contributed by atoms with Crippen LogP contribution in [0.25, 0.3) is 21.9 Å². The number of para-hydroxylation sites is 2. The summed E-state index contributed by atoms with van der Waals surface area (Å²) >= 11 is 0. The number of benzene rings is 2. The molecule has 188 valence electrons. The molecule has 0 saturated heterocycles. The van der Waals surface area contributed by atoms with Crippen molar-refractivity contribution < 1.29 is 56.8 Å². The van der Waals surface area contributed by atoms with Crippen LogP contribution in [0, 0.1) is 30.6 Å². The van der Waals surface area contributed by atoms with Crippen LogP contribution in [0.3, 0.4) is 0 Å². The van der Waals surface area contributed by atoms with Crippen molar-refractivity contribution in [3.63, 3.8) is 0 Å². The smallest absolute Gasteiger partial charge is 0.457 e. The van der Waals surface area contributed by atoms with Crippen LogP contribution >= 0.6 is 0 Å². The monoisotopic (exact) mass is 597 g/mol. The topological polar surface area (TPSA) is 221 Å². The van der Waals surface area contributed by atoms with E-state index in [1.807, 2.05) is 0 Å². The van der Waals surface area contributed by atoms with Crippen molar-refractivity contribution in [1.29, 1.82) is 0 Å². The van der Waals surface area contributed by atoms with E-state index in [0.29, 0.717) is 26.4 Å². The van der Waals surface area contributed by atoms with Gasteiger partial charge in [0.05, 0.1) is 36.6 Å². The summed E-state index contributed by atoms with van der Waals surface area (Å²) in [6, 6.07) is 12.7. The first-order valence-corrected chi connectivity index (χ1v) is 10.0. The Hall–Kier alpha value is -2.64. The van der Waals surface area contributed by atoms with Gasteiger partial charge >= 0.3 is 27.3 Å². The minimum absolute atomic E-state index is 0. The molecule has 35 heavy (non-hydrogen) atoms. The van der Waals surface area contributed by atoms with E-state index in [0.717, 1.165) is 37.3 Å². The molecule has 0 fully saturated rings. The molecule has 4 rings (SSSR count). The second-order valence-corrected chi connectivity index (χ2v) is 6.72. The first-order valence-electron chi connectivity index (χ1n) is 10.0. The zero-order valence-corrected chi connectivity index (χ0v) is 23.0. The van der Waals surface area contributed by atoms with E-state index in [-0.39, 0.29) is 32.8 Å². The fourth-order valence-corrected chi connectivity index (χ4v) is 3.27. The van der Waals surface area contributed by atoms with Crippen molar-refractivity contribution in [1.82, 2.24) is 10.6 Å². The van der Waals surface area contributed by atoms with Crippen molar-refractivity contribution in [2.45, 2.75) is 13.1 Å². The molecule has 0 unspecified atom stereocenters. The molecule has 1 aliphatic heterocycles. The van der Waals surface area contributed by atoms with Gasteiger partial charge in [0, 0.05) is 48.1 Å². The summed E-state index contributed by atoms with van der Waals surface area (Å²) in [5.74, 6) is 0. The second kappa shape index (κ2) is 17.7. The zero-order valence-electron chi connectivity index (χ0n) is 19.0. The fourth-order valence-electron chi connectivity index (χ4n) is 3.27. The third-order valence-electron chi connectivity index (χ3n) is 4.54. The van der Waals surface area contributed by atoms with Crippen molar-refractivity contribution in [3.05, 3.63) is 78.2 Å². The quantitative estimate of drug-likeness (QED) is 0.164. The molecule has 5 N–H and O–H groups in total. The number of rotatable bonds is 0. The van der Waals surface area contributed by atoms with Crippen LogP contribution in [-0.4, -0.2) is 49.7 Å². The van der Waals surface area contributed by atoms with Crippen molar-refractivity contribution in [3.8, 4) is 0 Å². The van der Waals surface area contributed by atoms with Gasteiger partial charge in [-0.25, -0.2) is 0 Å². The Kier molecular flexibility index (Phi) is 16.4. The molecule has 0 atom stereocenters. The van der Waals surface area contributed by atoms with Gasteiger partial charge in [-0.05, 0) is 0 Å². The van der Waals surface area contributed by atoms with Crippen LogP contribution in [0.15, 0.2) is 40.8 Å². The van der Waals surface area contributed by atoms with E-state index < -0.39 is 10.2 Å². The molecule has 1 aromatic heterocycles. The molecule has 0 saturated carbocycles. The summed E-state index contributed by atoms with van der Waals surface area (Å²) in [5.41, 5.74) is 4.32. The molecule has 0 spiro atoms. The van der Waals surface area contributed by atoms with Gasteiger partial charge in [-0.15, -0.1) is 0 Å². The predicted molar refractivity (Wildman–Crippen MR) is 124 cm³/mol. The minimum Gasteiger partial charge on any atom is -0.457 e. The normalized spacial score (nSPS) is 14.3. The number of furan rings is 1. The van der Waals surface area contributed by atoms with E-state index in [9.17, 15) is 0 Å². The summed E-state index contributed by atoms with van der Waals surface area (Å²) in [5, 5.41) is 38.7.